The fraction of sp³-hybridized carbons (Fsp3) is 0.500. The fourth-order valence-corrected chi connectivity index (χ4v) is 2.97. The number of hydrogen-bond acceptors (Lipinski definition) is 6. The zero-order chi connectivity index (χ0) is 15.6. The summed E-state index contributed by atoms with van der Waals surface area (Å²) in [5.41, 5.74) is 0.708. The molecule has 0 unspecified atom stereocenters. The van der Waals surface area contributed by atoms with Crippen molar-refractivity contribution in [1.29, 1.82) is 0 Å². The van der Waals surface area contributed by atoms with Crippen molar-refractivity contribution in [3.05, 3.63) is 27.1 Å². The second kappa shape index (κ2) is 6.36. The Hall–Kier alpha value is -1.73. The summed E-state index contributed by atoms with van der Waals surface area (Å²) in [7, 11) is 1.53. The van der Waals surface area contributed by atoms with Gasteiger partial charge in [-0.3, -0.25) is 9.36 Å². The Morgan fingerprint density at radius 1 is 1.43 bits per heavy atom. The van der Waals surface area contributed by atoms with E-state index in [0.29, 0.717) is 16.8 Å². The molecule has 0 aliphatic heterocycles. The number of esters is 1. The largest absolute Gasteiger partial charge is 0.462 e. The standard InChI is InChI=1S/C14H18N2O4S/c1-8-10(3)21-12-11(8)13(17)16(7-15-12)9(2)14(18)20-6-5-19-4/h7,9H,5-6H2,1-4H3/t9-/m1/s1. The molecule has 7 heteroatoms. The molecule has 0 amide bonds. The van der Waals surface area contributed by atoms with E-state index in [1.165, 1.54) is 29.3 Å². The Bertz CT molecular complexity index is 720. The van der Waals surface area contributed by atoms with E-state index in [1.807, 2.05) is 13.8 Å². The number of fused-ring (bicyclic) bond motifs is 1. The number of aromatic nitrogens is 2. The monoisotopic (exact) mass is 310 g/mol. The molecule has 0 spiro atoms. The van der Waals surface area contributed by atoms with Crippen LogP contribution in [0.2, 0.25) is 0 Å². The minimum atomic E-state index is -0.717. The molecule has 0 saturated carbocycles. The van der Waals surface area contributed by atoms with Gasteiger partial charge >= 0.3 is 5.97 Å². The second-order valence-corrected chi connectivity index (χ2v) is 5.96. The SMILES string of the molecule is COCCOC(=O)[C@@H](C)n1cnc2sc(C)c(C)c2c1=O. The summed E-state index contributed by atoms with van der Waals surface area (Å²) in [5.74, 6) is -0.472. The molecule has 114 valence electrons. The lowest BCUT2D eigenvalue weighted by molar-refractivity contribution is -0.148. The summed E-state index contributed by atoms with van der Waals surface area (Å²) in [5, 5.41) is 0.580. The van der Waals surface area contributed by atoms with Crippen LogP contribution in [0, 0.1) is 13.8 Å². The zero-order valence-electron chi connectivity index (χ0n) is 12.5. The summed E-state index contributed by atoms with van der Waals surface area (Å²) in [6.07, 6.45) is 1.41. The predicted molar refractivity (Wildman–Crippen MR) is 80.9 cm³/mol. The van der Waals surface area contributed by atoms with E-state index >= 15 is 0 Å². The number of carbonyl (C=O) groups excluding carboxylic acids is 1. The maximum Gasteiger partial charge on any atom is 0.329 e. The molecule has 2 aromatic heterocycles. The smallest absolute Gasteiger partial charge is 0.329 e. The van der Waals surface area contributed by atoms with E-state index in [9.17, 15) is 9.59 Å². The third-order valence-corrected chi connectivity index (χ3v) is 4.52. The van der Waals surface area contributed by atoms with Gasteiger partial charge in [-0.25, -0.2) is 9.78 Å². The molecule has 0 aliphatic rings. The average molecular weight is 310 g/mol. The highest BCUT2D eigenvalue weighted by Gasteiger charge is 2.20. The number of rotatable bonds is 5. The molecular formula is C14H18N2O4S. The number of nitrogens with zero attached hydrogens (tertiary/aromatic N) is 2. The molecule has 0 N–H and O–H groups in total. The van der Waals surface area contributed by atoms with Crippen LogP contribution in [0.3, 0.4) is 0 Å². The van der Waals surface area contributed by atoms with Crippen molar-refractivity contribution < 1.29 is 14.3 Å². The van der Waals surface area contributed by atoms with Gasteiger partial charge in [0.1, 0.15) is 17.5 Å². The fourth-order valence-electron chi connectivity index (χ4n) is 1.98. The first-order valence-electron chi connectivity index (χ1n) is 6.59. The Morgan fingerprint density at radius 3 is 2.81 bits per heavy atom. The van der Waals surface area contributed by atoms with Crippen LogP contribution in [0.5, 0.6) is 0 Å². The highest BCUT2D eigenvalue weighted by atomic mass is 32.1. The summed E-state index contributed by atoms with van der Waals surface area (Å²) in [6.45, 7) is 5.96. The van der Waals surface area contributed by atoms with Gasteiger partial charge in [0.05, 0.1) is 18.3 Å². The van der Waals surface area contributed by atoms with Crippen molar-refractivity contribution in [2.45, 2.75) is 26.8 Å². The van der Waals surface area contributed by atoms with Gasteiger partial charge in [-0.2, -0.15) is 0 Å². The third kappa shape index (κ3) is 2.98. The maximum atomic E-state index is 12.5. The van der Waals surface area contributed by atoms with E-state index in [1.54, 1.807) is 6.92 Å². The minimum absolute atomic E-state index is 0.167. The second-order valence-electron chi connectivity index (χ2n) is 4.76. The van der Waals surface area contributed by atoms with E-state index in [2.05, 4.69) is 4.98 Å². The van der Waals surface area contributed by atoms with Crippen molar-refractivity contribution in [1.82, 2.24) is 9.55 Å². The lowest BCUT2D eigenvalue weighted by Crippen LogP contribution is -2.30. The lowest BCUT2D eigenvalue weighted by Gasteiger charge is -2.13. The molecule has 21 heavy (non-hydrogen) atoms. The van der Waals surface area contributed by atoms with Gasteiger partial charge in [0.2, 0.25) is 0 Å². The molecule has 2 rings (SSSR count). The van der Waals surface area contributed by atoms with Crippen LogP contribution in [0.15, 0.2) is 11.1 Å². The van der Waals surface area contributed by atoms with Gasteiger partial charge < -0.3 is 9.47 Å². The van der Waals surface area contributed by atoms with E-state index in [0.717, 1.165) is 10.4 Å². The quantitative estimate of drug-likeness (QED) is 0.622. The molecule has 2 aromatic rings. The molecular weight excluding hydrogens is 292 g/mol. The zero-order valence-corrected chi connectivity index (χ0v) is 13.3. The molecule has 2 heterocycles. The number of hydrogen-bond donors (Lipinski definition) is 0. The minimum Gasteiger partial charge on any atom is -0.462 e. The third-order valence-electron chi connectivity index (χ3n) is 3.40. The van der Waals surface area contributed by atoms with Crippen LogP contribution < -0.4 is 5.56 Å². The highest BCUT2D eigenvalue weighted by molar-refractivity contribution is 7.18. The van der Waals surface area contributed by atoms with Crippen LogP contribution in [-0.2, 0) is 14.3 Å². The van der Waals surface area contributed by atoms with Gasteiger partial charge in [-0.15, -0.1) is 11.3 Å². The average Bonchev–Trinajstić information content (AvgIpc) is 2.75. The van der Waals surface area contributed by atoms with Crippen molar-refractivity contribution in [2.75, 3.05) is 20.3 Å². The van der Waals surface area contributed by atoms with Gasteiger partial charge in [-0.05, 0) is 26.3 Å². The number of aryl methyl sites for hydroxylation is 2. The molecule has 6 nitrogen and oxygen atoms in total. The molecule has 0 fully saturated rings. The van der Waals surface area contributed by atoms with Crippen LogP contribution in [0.1, 0.15) is 23.4 Å². The lowest BCUT2D eigenvalue weighted by atomic mass is 10.2. The van der Waals surface area contributed by atoms with Crippen molar-refractivity contribution >= 4 is 27.5 Å². The summed E-state index contributed by atoms with van der Waals surface area (Å²) in [6, 6.07) is -0.717. The van der Waals surface area contributed by atoms with Crippen molar-refractivity contribution in [3.8, 4) is 0 Å². The number of carbonyl (C=O) groups is 1. The summed E-state index contributed by atoms with van der Waals surface area (Å²) >= 11 is 1.48. The summed E-state index contributed by atoms with van der Waals surface area (Å²) in [4.78, 5) is 30.5. The van der Waals surface area contributed by atoms with E-state index in [4.69, 9.17) is 9.47 Å². The normalized spacial score (nSPS) is 12.6. The van der Waals surface area contributed by atoms with Crippen LogP contribution in [-0.4, -0.2) is 35.8 Å². The Kier molecular flexibility index (Phi) is 4.74. The van der Waals surface area contributed by atoms with Gasteiger partial charge in [0, 0.05) is 12.0 Å². The Balaban J connectivity index is 2.34. The summed E-state index contributed by atoms with van der Waals surface area (Å²) < 4.78 is 11.2. The molecule has 0 aromatic carbocycles. The van der Waals surface area contributed by atoms with E-state index < -0.39 is 12.0 Å². The van der Waals surface area contributed by atoms with Gasteiger partial charge in [0.15, 0.2) is 0 Å². The van der Waals surface area contributed by atoms with Crippen molar-refractivity contribution in [2.24, 2.45) is 0 Å². The first-order valence-corrected chi connectivity index (χ1v) is 7.41. The Labute approximate surface area is 126 Å². The van der Waals surface area contributed by atoms with Crippen LogP contribution in [0.4, 0.5) is 0 Å². The topological polar surface area (TPSA) is 70.4 Å². The molecule has 0 saturated heterocycles. The first kappa shape index (κ1) is 15.7. The van der Waals surface area contributed by atoms with Crippen LogP contribution in [0.25, 0.3) is 10.2 Å². The number of methoxy groups -OCH3 is 1. The first-order chi connectivity index (χ1) is 9.97. The predicted octanol–water partition coefficient (Wildman–Crippen LogP) is 1.83. The number of ether oxygens (including phenoxy) is 2. The molecule has 1 atom stereocenters. The van der Waals surface area contributed by atoms with Gasteiger partial charge in [-0.1, -0.05) is 0 Å². The highest BCUT2D eigenvalue weighted by Crippen LogP contribution is 2.25. The van der Waals surface area contributed by atoms with Crippen LogP contribution >= 0.6 is 11.3 Å². The van der Waals surface area contributed by atoms with E-state index in [-0.39, 0.29) is 12.2 Å². The molecule has 0 aliphatic carbocycles. The Morgan fingerprint density at radius 2 is 2.14 bits per heavy atom. The van der Waals surface area contributed by atoms with Gasteiger partial charge in [0.25, 0.3) is 5.56 Å². The van der Waals surface area contributed by atoms with Crippen molar-refractivity contribution in [3.63, 3.8) is 0 Å². The maximum absolute atomic E-state index is 12.5. The number of thiophene rings is 1. The molecule has 0 bridgehead atoms. The molecule has 0 radical (unpaired) electrons.